The Kier molecular flexibility index (Phi) is 8.25. The SMILES string of the molecule is C.CC(C)(C)C1CCc2[nH]c3c(Br)ccc(Cl)c3c2C1.CC(C)(C)c1ccc2[nH]c3c(Br)ccc(Cl)c3c2c1.[2H][2H]. The third-order valence-electron chi connectivity index (χ3n) is 7.98. The molecule has 3 aromatic carbocycles. The summed E-state index contributed by atoms with van der Waals surface area (Å²) in [5, 5.41) is 5.16. The van der Waals surface area contributed by atoms with Crippen molar-refractivity contribution in [2.75, 3.05) is 0 Å². The number of benzene rings is 3. The third-order valence-corrected chi connectivity index (χ3v) is 9.93. The molecule has 0 saturated carbocycles. The van der Waals surface area contributed by atoms with Crippen molar-refractivity contribution in [3.8, 4) is 0 Å². The second kappa shape index (κ2) is 11.1. The normalized spacial score (nSPS) is 15.9. The number of aromatic nitrogens is 2. The highest BCUT2D eigenvalue weighted by Crippen LogP contribution is 2.43. The van der Waals surface area contributed by atoms with Crippen LogP contribution in [-0.2, 0) is 18.3 Å². The Morgan fingerprint density at radius 3 is 2.03 bits per heavy atom. The van der Waals surface area contributed by atoms with Crippen molar-refractivity contribution in [2.24, 2.45) is 11.3 Å². The molecule has 5 aromatic rings. The number of aromatic amines is 2. The largest absolute Gasteiger partial charge is 0.357 e. The van der Waals surface area contributed by atoms with Crippen molar-refractivity contribution in [3.05, 3.63) is 78.3 Å². The number of fused-ring (bicyclic) bond motifs is 6. The Bertz CT molecular complexity index is 1680. The molecule has 2 heterocycles. The Balaban J connectivity index is 0.000000208. The van der Waals surface area contributed by atoms with Crippen LogP contribution in [0.5, 0.6) is 0 Å². The van der Waals surface area contributed by atoms with E-state index in [1.807, 2.05) is 24.3 Å². The number of halogens is 4. The van der Waals surface area contributed by atoms with Gasteiger partial charge in [-0.25, -0.2) is 0 Å². The maximum Gasteiger partial charge on any atom is 0.0624 e. The molecular weight excluding hydrogens is 655 g/mol. The third kappa shape index (κ3) is 5.82. The van der Waals surface area contributed by atoms with Gasteiger partial charge in [0.1, 0.15) is 0 Å². The molecule has 210 valence electrons. The average molecular weight is 697 g/mol. The monoisotopic (exact) mass is 694 g/mol. The molecule has 0 radical (unpaired) electrons. The fourth-order valence-electron chi connectivity index (χ4n) is 5.59. The van der Waals surface area contributed by atoms with Gasteiger partial charge >= 0.3 is 0 Å². The summed E-state index contributed by atoms with van der Waals surface area (Å²) in [7, 11) is 0. The number of hydrogen-bond donors (Lipinski definition) is 2. The van der Waals surface area contributed by atoms with Gasteiger partial charge in [0.25, 0.3) is 0 Å². The summed E-state index contributed by atoms with van der Waals surface area (Å²) in [5.74, 6) is 0.731. The van der Waals surface area contributed by atoms with Gasteiger partial charge in [-0.05, 0) is 115 Å². The lowest BCUT2D eigenvalue weighted by Gasteiger charge is -2.34. The molecule has 2 aromatic heterocycles. The zero-order valence-electron chi connectivity index (χ0n) is 24.8. The highest BCUT2D eigenvalue weighted by molar-refractivity contribution is 9.11. The number of H-pyrrole nitrogens is 2. The van der Waals surface area contributed by atoms with E-state index in [-0.39, 0.29) is 12.8 Å². The topological polar surface area (TPSA) is 31.6 Å². The van der Waals surface area contributed by atoms with E-state index >= 15 is 0 Å². The molecule has 0 spiro atoms. The van der Waals surface area contributed by atoms with Crippen molar-refractivity contribution in [1.29, 1.82) is 0 Å². The molecule has 1 atom stereocenters. The van der Waals surface area contributed by atoms with E-state index in [9.17, 15) is 0 Å². The van der Waals surface area contributed by atoms with Crippen molar-refractivity contribution < 1.29 is 2.97 Å². The van der Waals surface area contributed by atoms with E-state index in [1.54, 1.807) is 0 Å². The van der Waals surface area contributed by atoms with Crippen LogP contribution in [0.3, 0.4) is 0 Å². The number of nitrogens with one attached hydrogen (secondary N) is 2. The summed E-state index contributed by atoms with van der Waals surface area (Å²) in [4.78, 5) is 7.00. The van der Waals surface area contributed by atoms with Gasteiger partial charge in [-0.1, -0.05) is 78.2 Å². The summed E-state index contributed by atoms with van der Waals surface area (Å²) in [6.07, 6.45) is 3.53. The smallest absolute Gasteiger partial charge is 0.0624 e. The van der Waals surface area contributed by atoms with Crippen LogP contribution in [0.4, 0.5) is 0 Å². The summed E-state index contributed by atoms with van der Waals surface area (Å²) in [5.41, 5.74) is 7.97. The first-order valence-corrected chi connectivity index (χ1v) is 15.5. The lowest BCUT2D eigenvalue weighted by molar-refractivity contribution is 0.216. The van der Waals surface area contributed by atoms with Crippen LogP contribution in [-0.4, -0.2) is 9.97 Å². The lowest BCUT2D eigenvalue weighted by Crippen LogP contribution is -2.26. The summed E-state index contributed by atoms with van der Waals surface area (Å²) in [6, 6.07) is 14.5. The van der Waals surface area contributed by atoms with E-state index in [2.05, 4.69) is 102 Å². The minimum Gasteiger partial charge on any atom is -0.357 e. The quantitative estimate of drug-likeness (QED) is 0.161. The van der Waals surface area contributed by atoms with Crippen LogP contribution in [0.25, 0.3) is 32.7 Å². The second-order valence-corrected chi connectivity index (χ2v) is 15.1. The molecule has 1 aliphatic carbocycles. The van der Waals surface area contributed by atoms with Crippen molar-refractivity contribution in [1.82, 2.24) is 9.97 Å². The molecule has 6 heteroatoms. The molecule has 0 amide bonds. The predicted octanol–water partition coefficient (Wildman–Crippen LogP) is 12.7. The molecule has 2 nitrogen and oxygen atoms in total. The zero-order chi connectivity index (χ0) is 29.6. The molecule has 2 N–H and O–H groups in total. The minimum atomic E-state index is 0. The van der Waals surface area contributed by atoms with Gasteiger partial charge in [0, 0.05) is 39.3 Å². The van der Waals surface area contributed by atoms with E-state index < -0.39 is 0 Å². The van der Waals surface area contributed by atoms with Gasteiger partial charge in [0.15, 0.2) is 0 Å². The van der Waals surface area contributed by atoms with Gasteiger partial charge in [0.05, 0.1) is 21.1 Å². The molecule has 39 heavy (non-hydrogen) atoms. The Morgan fingerprint density at radius 2 is 1.44 bits per heavy atom. The predicted molar refractivity (Wildman–Crippen MR) is 182 cm³/mol. The zero-order valence-corrected chi connectivity index (χ0v) is 27.4. The molecule has 1 unspecified atom stereocenters. The first-order valence-electron chi connectivity index (χ1n) is 14.1. The molecule has 0 aliphatic heterocycles. The van der Waals surface area contributed by atoms with Gasteiger partial charge in [-0.15, -0.1) is 0 Å². The summed E-state index contributed by atoms with van der Waals surface area (Å²) >= 11 is 20.0. The Morgan fingerprint density at radius 1 is 0.846 bits per heavy atom. The number of hydrogen-bond acceptors (Lipinski definition) is 0. The van der Waals surface area contributed by atoms with Crippen molar-refractivity contribution >= 4 is 87.8 Å². The maximum atomic E-state index is 6.43. The average Bonchev–Trinajstić information content (AvgIpc) is 3.49. The summed E-state index contributed by atoms with van der Waals surface area (Å²) < 4.78 is 12.1. The van der Waals surface area contributed by atoms with Crippen LogP contribution in [0, 0.1) is 11.3 Å². The lowest BCUT2D eigenvalue weighted by atomic mass is 9.71. The van der Waals surface area contributed by atoms with Gasteiger partial charge in [0.2, 0.25) is 0 Å². The van der Waals surface area contributed by atoms with Crippen LogP contribution in [0.1, 0.15) is 75.2 Å². The highest BCUT2D eigenvalue weighted by atomic mass is 79.9. The molecule has 1 aliphatic rings. The van der Waals surface area contributed by atoms with Crippen molar-refractivity contribution in [3.63, 3.8) is 0 Å². The van der Waals surface area contributed by atoms with Crippen LogP contribution in [0.15, 0.2) is 51.4 Å². The maximum absolute atomic E-state index is 6.43. The standard InChI is InChI=1S/C16H19BrClN.C16H15BrClN.CH4.H2/c2*1-16(2,3)9-4-7-13-10(8-9)14-12(18)6-5-11(17)15(14)19-13;;/h5-6,9,19H,4,7-8H2,1-3H3;4-8,19H,1-3H3;1H4;1H/i;;;1+1D. The Hall–Kier alpha value is -1.46. The van der Waals surface area contributed by atoms with Gasteiger partial charge in [-0.3, -0.25) is 0 Å². The van der Waals surface area contributed by atoms with Crippen LogP contribution in [0.2, 0.25) is 10.0 Å². The van der Waals surface area contributed by atoms with Crippen molar-refractivity contribution in [2.45, 2.75) is 73.6 Å². The summed E-state index contributed by atoms with van der Waals surface area (Å²) in [6.45, 7) is 13.7. The first-order chi connectivity index (χ1) is 18.8. The van der Waals surface area contributed by atoms with E-state index in [1.165, 1.54) is 34.0 Å². The molecule has 0 bridgehead atoms. The number of aryl methyl sites for hydroxylation is 1. The number of rotatable bonds is 0. The van der Waals surface area contributed by atoms with E-state index in [0.29, 0.717) is 5.41 Å². The Labute approximate surface area is 262 Å². The second-order valence-electron chi connectivity index (χ2n) is 12.6. The fourth-order valence-corrected chi connectivity index (χ4v) is 6.98. The van der Waals surface area contributed by atoms with Crippen LogP contribution < -0.4 is 0 Å². The molecular formula is C33H40Br2Cl2N2. The molecule has 0 saturated heterocycles. The van der Waals surface area contributed by atoms with Gasteiger partial charge in [-0.2, -0.15) is 0 Å². The highest BCUT2D eigenvalue weighted by Gasteiger charge is 2.31. The molecule has 6 rings (SSSR count). The first kappa shape index (κ1) is 29.0. The fraction of sp³-hybridized carbons (Fsp3) is 0.394. The van der Waals surface area contributed by atoms with Crippen LogP contribution >= 0.6 is 55.1 Å². The van der Waals surface area contributed by atoms with E-state index in [0.717, 1.165) is 59.7 Å². The van der Waals surface area contributed by atoms with Gasteiger partial charge < -0.3 is 9.97 Å². The minimum absolute atomic E-state index is 0. The molecule has 0 fully saturated rings. The van der Waals surface area contributed by atoms with E-state index in [4.69, 9.17) is 26.2 Å².